The summed E-state index contributed by atoms with van der Waals surface area (Å²) in [5, 5.41) is 8.26. The minimum atomic E-state index is -0.174. The average Bonchev–Trinajstić information content (AvgIpc) is 3.14. The standard InChI is InChI=1S/C23H22N4O/c1-16(2)27-22-19(15-25-27)13-20(14-24-22)23(28)26-21-11-7-6-10-18(21)12-17-8-4-3-5-9-17/h3-11,13-16H,12H2,1-2H3,(H,26,28). The van der Waals surface area contributed by atoms with E-state index in [1.165, 1.54) is 5.56 Å². The van der Waals surface area contributed by atoms with Gasteiger partial charge in [-0.05, 0) is 43.5 Å². The Kier molecular flexibility index (Phi) is 4.89. The number of carbonyl (C=O) groups is 1. The number of carbonyl (C=O) groups excluding carboxylic acids is 1. The molecule has 1 N–H and O–H groups in total. The third-order valence-electron chi connectivity index (χ3n) is 4.69. The summed E-state index contributed by atoms with van der Waals surface area (Å²) in [5.41, 5.74) is 4.40. The summed E-state index contributed by atoms with van der Waals surface area (Å²) in [6.45, 7) is 4.11. The molecule has 0 saturated carbocycles. The van der Waals surface area contributed by atoms with Gasteiger partial charge in [-0.2, -0.15) is 5.10 Å². The van der Waals surface area contributed by atoms with Crippen molar-refractivity contribution in [3.63, 3.8) is 0 Å². The van der Waals surface area contributed by atoms with Crippen LogP contribution in [0.1, 0.15) is 41.4 Å². The number of aromatic nitrogens is 3. The van der Waals surface area contributed by atoms with E-state index in [2.05, 4.69) is 41.4 Å². The third kappa shape index (κ3) is 3.64. The number of anilines is 1. The Bertz CT molecular complexity index is 1120. The maximum absolute atomic E-state index is 12.8. The van der Waals surface area contributed by atoms with Gasteiger partial charge in [-0.25, -0.2) is 9.67 Å². The molecule has 28 heavy (non-hydrogen) atoms. The molecule has 2 aromatic carbocycles. The zero-order valence-corrected chi connectivity index (χ0v) is 16.0. The van der Waals surface area contributed by atoms with Crippen LogP contribution in [0.15, 0.2) is 73.1 Å². The lowest BCUT2D eigenvalue weighted by Gasteiger charge is -2.11. The van der Waals surface area contributed by atoms with Crippen molar-refractivity contribution in [2.24, 2.45) is 0 Å². The van der Waals surface area contributed by atoms with Crippen LogP contribution >= 0.6 is 0 Å². The minimum absolute atomic E-state index is 0.174. The predicted octanol–water partition coefficient (Wildman–Crippen LogP) is 4.86. The molecule has 0 saturated heterocycles. The average molecular weight is 370 g/mol. The smallest absolute Gasteiger partial charge is 0.257 e. The lowest BCUT2D eigenvalue weighted by atomic mass is 10.0. The molecule has 5 heteroatoms. The Hall–Kier alpha value is -3.47. The summed E-state index contributed by atoms with van der Waals surface area (Å²) in [4.78, 5) is 17.3. The van der Waals surface area contributed by atoms with Crippen molar-refractivity contribution in [3.05, 3.63) is 89.7 Å². The van der Waals surface area contributed by atoms with Crippen LogP contribution in [0.4, 0.5) is 5.69 Å². The highest BCUT2D eigenvalue weighted by Crippen LogP contribution is 2.21. The normalized spacial score (nSPS) is 11.1. The van der Waals surface area contributed by atoms with Gasteiger partial charge >= 0.3 is 0 Å². The van der Waals surface area contributed by atoms with E-state index in [0.717, 1.165) is 28.7 Å². The van der Waals surface area contributed by atoms with Gasteiger partial charge in [0.15, 0.2) is 5.65 Å². The molecule has 5 nitrogen and oxygen atoms in total. The number of pyridine rings is 1. The van der Waals surface area contributed by atoms with E-state index < -0.39 is 0 Å². The summed E-state index contributed by atoms with van der Waals surface area (Å²) in [7, 11) is 0. The summed E-state index contributed by atoms with van der Waals surface area (Å²) >= 11 is 0. The minimum Gasteiger partial charge on any atom is -0.322 e. The maximum atomic E-state index is 12.8. The molecule has 0 aliphatic carbocycles. The first-order valence-electron chi connectivity index (χ1n) is 9.38. The van der Waals surface area contributed by atoms with E-state index >= 15 is 0 Å². The quantitative estimate of drug-likeness (QED) is 0.546. The topological polar surface area (TPSA) is 59.8 Å². The van der Waals surface area contributed by atoms with E-state index in [4.69, 9.17) is 0 Å². The van der Waals surface area contributed by atoms with Crippen molar-refractivity contribution in [3.8, 4) is 0 Å². The molecule has 0 spiro atoms. The third-order valence-corrected chi connectivity index (χ3v) is 4.69. The van der Waals surface area contributed by atoms with E-state index in [-0.39, 0.29) is 11.9 Å². The fourth-order valence-electron chi connectivity index (χ4n) is 3.25. The van der Waals surface area contributed by atoms with Gasteiger partial charge in [-0.15, -0.1) is 0 Å². The lowest BCUT2D eigenvalue weighted by Crippen LogP contribution is -2.14. The number of hydrogen-bond acceptors (Lipinski definition) is 3. The molecule has 2 heterocycles. The zero-order chi connectivity index (χ0) is 19.5. The molecule has 0 unspecified atom stereocenters. The molecule has 1 amide bonds. The van der Waals surface area contributed by atoms with Crippen LogP contribution in [-0.4, -0.2) is 20.7 Å². The molecular weight excluding hydrogens is 348 g/mol. The van der Waals surface area contributed by atoms with Gasteiger partial charge in [0, 0.05) is 23.3 Å². The van der Waals surface area contributed by atoms with Gasteiger partial charge in [0.05, 0.1) is 11.8 Å². The summed E-state index contributed by atoms with van der Waals surface area (Å²) < 4.78 is 1.85. The van der Waals surface area contributed by atoms with Crippen LogP contribution < -0.4 is 5.32 Å². The van der Waals surface area contributed by atoms with Crippen molar-refractivity contribution in [1.29, 1.82) is 0 Å². The van der Waals surface area contributed by atoms with E-state index in [1.807, 2.05) is 53.2 Å². The number of hydrogen-bond donors (Lipinski definition) is 1. The highest BCUT2D eigenvalue weighted by molar-refractivity contribution is 6.06. The van der Waals surface area contributed by atoms with Crippen molar-refractivity contribution >= 4 is 22.6 Å². The first-order valence-corrected chi connectivity index (χ1v) is 9.38. The first kappa shape index (κ1) is 17.9. The molecule has 0 aliphatic rings. The van der Waals surface area contributed by atoms with Gasteiger partial charge in [0.25, 0.3) is 5.91 Å². The Morgan fingerprint density at radius 1 is 1.04 bits per heavy atom. The molecule has 0 fully saturated rings. The number of rotatable bonds is 5. The maximum Gasteiger partial charge on any atom is 0.257 e. The van der Waals surface area contributed by atoms with E-state index in [0.29, 0.717) is 5.56 Å². The molecular formula is C23H22N4O. The van der Waals surface area contributed by atoms with Gasteiger partial charge in [-0.1, -0.05) is 48.5 Å². The fraction of sp³-hybridized carbons (Fsp3) is 0.174. The van der Waals surface area contributed by atoms with Crippen LogP contribution in [0.5, 0.6) is 0 Å². The van der Waals surface area contributed by atoms with Crippen molar-refractivity contribution in [2.75, 3.05) is 5.32 Å². The van der Waals surface area contributed by atoms with E-state index in [1.54, 1.807) is 12.4 Å². The molecule has 4 rings (SSSR count). The Morgan fingerprint density at radius 3 is 2.57 bits per heavy atom. The molecule has 0 radical (unpaired) electrons. The number of nitrogens with one attached hydrogen (secondary N) is 1. The van der Waals surface area contributed by atoms with Gasteiger partial charge in [-0.3, -0.25) is 4.79 Å². The number of para-hydroxylation sites is 1. The SMILES string of the molecule is CC(C)n1ncc2cc(C(=O)Nc3ccccc3Cc3ccccc3)cnc21. The summed E-state index contributed by atoms with van der Waals surface area (Å²) in [5.74, 6) is -0.174. The number of benzene rings is 2. The Morgan fingerprint density at radius 2 is 1.79 bits per heavy atom. The van der Waals surface area contributed by atoms with Crippen LogP contribution in [0.25, 0.3) is 11.0 Å². The second-order valence-electron chi connectivity index (χ2n) is 7.09. The van der Waals surface area contributed by atoms with Gasteiger partial charge < -0.3 is 5.32 Å². The molecule has 0 bridgehead atoms. The summed E-state index contributed by atoms with van der Waals surface area (Å²) in [6.07, 6.45) is 4.12. The lowest BCUT2D eigenvalue weighted by molar-refractivity contribution is 0.102. The van der Waals surface area contributed by atoms with Crippen LogP contribution in [0, 0.1) is 0 Å². The molecule has 140 valence electrons. The molecule has 4 aromatic rings. The molecule has 0 atom stereocenters. The number of amides is 1. The van der Waals surface area contributed by atoms with Crippen LogP contribution in [0.3, 0.4) is 0 Å². The monoisotopic (exact) mass is 370 g/mol. The molecule has 2 aromatic heterocycles. The number of nitrogens with zero attached hydrogens (tertiary/aromatic N) is 3. The highest BCUT2D eigenvalue weighted by atomic mass is 16.1. The van der Waals surface area contributed by atoms with Crippen LogP contribution in [-0.2, 0) is 6.42 Å². The zero-order valence-electron chi connectivity index (χ0n) is 16.0. The molecule has 0 aliphatic heterocycles. The van der Waals surface area contributed by atoms with Crippen molar-refractivity contribution < 1.29 is 4.79 Å². The fourth-order valence-corrected chi connectivity index (χ4v) is 3.25. The van der Waals surface area contributed by atoms with Gasteiger partial charge in [0.2, 0.25) is 0 Å². The highest BCUT2D eigenvalue weighted by Gasteiger charge is 2.13. The number of fused-ring (bicyclic) bond motifs is 1. The second kappa shape index (κ2) is 7.64. The van der Waals surface area contributed by atoms with Gasteiger partial charge in [0.1, 0.15) is 0 Å². The van der Waals surface area contributed by atoms with Crippen molar-refractivity contribution in [1.82, 2.24) is 14.8 Å². The van der Waals surface area contributed by atoms with Crippen LogP contribution in [0.2, 0.25) is 0 Å². The van der Waals surface area contributed by atoms with E-state index in [9.17, 15) is 4.79 Å². The largest absolute Gasteiger partial charge is 0.322 e. The first-order chi connectivity index (χ1) is 13.6. The Balaban J connectivity index is 1.58. The Labute approximate surface area is 164 Å². The summed E-state index contributed by atoms with van der Waals surface area (Å²) in [6, 6.07) is 20.2. The van der Waals surface area contributed by atoms with Crippen molar-refractivity contribution in [2.45, 2.75) is 26.3 Å². The predicted molar refractivity (Wildman–Crippen MR) is 112 cm³/mol. The second-order valence-corrected chi connectivity index (χ2v) is 7.09.